The van der Waals surface area contributed by atoms with Crippen LogP contribution in [0.15, 0.2) is 77.6 Å². The minimum Gasteiger partial charge on any atom is -0.464 e. The number of benzene rings is 3. The fraction of sp³-hybridized carbons (Fsp3) is 0.400. The maximum atomic E-state index is 14.0. The van der Waals surface area contributed by atoms with Gasteiger partial charge in [-0.05, 0) is 97.9 Å². The van der Waals surface area contributed by atoms with E-state index in [0.29, 0.717) is 50.5 Å². The molecule has 0 aliphatic heterocycles. The van der Waals surface area contributed by atoms with E-state index in [1.54, 1.807) is 34.9 Å². The average molecular weight is 680 g/mol. The van der Waals surface area contributed by atoms with Gasteiger partial charge < -0.3 is 19.9 Å². The molecule has 3 unspecified atom stereocenters. The van der Waals surface area contributed by atoms with Crippen molar-refractivity contribution < 1.29 is 19.1 Å². The van der Waals surface area contributed by atoms with Gasteiger partial charge in [0, 0.05) is 50.6 Å². The molecule has 3 aromatic carbocycles. The number of carbonyl (C=O) groups is 3. The van der Waals surface area contributed by atoms with E-state index < -0.39 is 11.4 Å². The number of carbonyl (C=O) groups excluding carboxylic acids is 3. The third kappa shape index (κ3) is 6.16. The normalized spacial score (nSPS) is 24.1. The van der Waals surface area contributed by atoms with Crippen molar-refractivity contribution in [3.05, 3.63) is 110 Å². The molecule has 254 valence electrons. The number of amides is 2. The largest absolute Gasteiger partial charge is 0.464 e. The lowest BCUT2D eigenvalue weighted by Gasteiger charge is -2.60. The summed E-state index contributed by atoms with van der Waals surface area (Å²) in [6.07, 6.45) is 5.14. The van der Waals surface area contributed by atoms with Gasteiger partial charge in [0.2, 0.25) is 5.91 Å². The molecular weight excluding hydrogens is 638 g/mol. The zero-order chi connectivity index (χ0) is 34.7. The Bertz CT molecular complexity index is 2000. The second kappa shape index (κ2) is 12.5. The molecular formula is C40H42ClN3O5. The zero-order valence-corrected chi connectivity index (χ0v) is 29.1. The Balaban J connectivity index is 1.14. The van der Waals surface area contributed by atoms with Crippen LogP contribution in [0.3, 0.4) is 0 Å². The van der Waals surface area contributed by atoms with Crippen LogP contribution in [0.1, 0.15) is 84.8 Å². The van der Waals surface area contributed by atoms with Crippen molar-refractivity contribution in [2.75, 3.05) is 7.11 Å². The summed E-state index contributed by atoms with van der Waals surface area (Å²) in [6, 6.07) is 21.7. The second-order valence-corrected chi connectivity index (χ2v) is 15.7. The molecule has 8 rings (SSSR count). The fourth-order valence-electron chi connectivity index (χ4n) is 8.78. The summed E-state index contributed by atoms with van der Waals surface area (Å²) in [6.45, 7) is 5.86. The van der Waals surface area contributed by atoms with Gasteiger partial charge >= 0.3 is 5.97 Å². The Morgan fingerprint density at radius 2 is 1.61 bits per heavy atom. The lowest BCUT2D eigenvalue weighted by Crippen LogP contribution is -2.67. The number of aromatic nitrogens is 1. The van der Waals surface area contributed by atoms with E-state index in [1.807, 2.05) is 63.2 Å². The molecule has 0 radical (unpaired) electrons. The summed E-state index contributed by atoms with van der Waals surface area (Å²) in [4.78, 5) is 53.9. The number of nitrogens with zero attached hydrogens (tertiary/aromatic N) is 1. The van der Waals surface area contributed by atoms with Crippen LogP contribution in [0.2, 0.25) is 5.02 Å². The van der Waals surface area contributed by atoms with Gasteiger partial charge in [-0.25, -0.2) is 4.79 Å². The summed E-state index contributed by atoms with van der Waals surface area (Å²) >= 11 is 6.36. The molecule has 9 heteroatoms. The van der Waals surface area contributed by atoms with Gasteiger partial charge in [-0.3, -0.25) is 14.4 Å². The van der Waals surface area contributed by atoms with E-state index in [-0.39, 0.29) is 40.9 Å². The Kier molecular flexibility index (Phi) is 8.42. The van der Waals surface area contributed by atoms with Gasteiger partial charge in [-0.2, -0.15) is 0 Å². The van der Waals surface area contributed by atoms with E-state index in [9.17, 15) is 19.2 Å². The van der Waals surface area contributed by atoms with Crippen molar-refractivity contribution in [3.63, 3.8) is 0 Å². The lowest BCUT2D eigenvalue weighted by atomic mass is 9.51. The highest BCUT2D eigenvalue weighted by Gasteiger charge is 2.56. The van der Waals surface area contributed by atoms with Gasteiger partial charge in [0.25, 0.3) is 5.91 Å². The highest BCUT2D eigenvalue weighted by Crippen LogP contribution is 2.56. The molecule has 5 atom stereocenters. The van der Waals surface area contributed by atoms with Gasteiger partial charge in [0.05, 0.1) is 12.6 Å². The van der Waals surface area contributed by atoms with Crippen molar-refractivity contribution in [2.24, 2.45) is 23.2 Å². The average Bonchev–Trinajstić information content (AvgIpc) is 3.06. The summed E-state index contributed by atoms with van der Waals surface area (Å²) in [5, 5.41) is 7.66. The van der Waals surface area contributed by atoms with Crippen molar-refractivity contribution in [3.8, 4) is 5.69 Å². The molecule has 2 amide bonds. The monoisotopic (exact) mass is 679 g/mol. The molecule has 4 aliphatic rings. The quantitative estimate of drug-likeness (QED) is 0.208. The number of fused-ring (bicyclic) bond motifs is 1. The number of pyridine rings is 1. The molecule has 1 heterocycles. The van der Waals surface area contributed by atoms with Crippen molar-refractivity contribution >= 4 is 40.3 Å². The van der Waals surface area contributed by atoms with Crippen LogP contribution in [0, 0.1) is 23.2 Å². The number of hydrogen-bond acceptors (Lipinski definition) is 5. The molecule has 1 aromatic heterocycles. The number of halogens is 1. The van der Waals surface area contributed by atoms with Gasteiger partial charge in [-0.1, -0.05) is 62.7 Å². The maximum Gasteiger partial charge on any atom is 0.355 e. The first-order chi connectivity index (χ1) is 23.4. The van der Waals surface area contributed by atoms with Gasteiger partial charge in [0.15, 0.2) is 5.43 Å². The molecule has 4 aliphatic carbocycles. The van der Waals surface area contributed by atoms with Gasteiger partial charge in [0.1, 0.15) is 5.69 Å². The van der Waals surface area contributed by atoms with Crippen LogP contribution in [0.4, 0.5) is 0 Å². The topological polar surface area (TPSA) is 106 Å². The van der Waals surface area contributed by atoms with E-state index in [4.69, 9.17) is 16.3 Å². The Morgan fingerprint density at radius 1 is 0.939 bits per heavy atom. The molecule has 4 aromatic rings. The predicted molar refractivity (Wildman–Crippen MR) is 190 cm³/mol. The molecule has 0 spiro atoms. The van der Waals surface area contributed by atoms with Crippen LogP contribution in [0.5, 0.6) is 0 Å². The number of nitrogens with one attached hydrogen (secondary N) is 2. The zero-order valence-electron chi connectivity index (χ0n) is 28.3. The molecule has 4 bridgehead atoms. The van der Waals surface area contributed by atoms with Crippen molar-refractivity contribution in [1.82, 2.24) is 15.2 Å². The summed E-state index contributed by atoms with van der Waals surface area (Å²) in [7, 11) is 1.30. The van der Waals surface area contributed by atoms with Crippen LogP contribution in [-0.4, -0.2) is 41.0 Å². The third-order valence-corrected chi connectivity index (χ3v) is 11.1. The van der Waals surface area contributed by atoms with E-state index >= 15 is 0 Å². The smallest absolute Gasteiger partial charge is 0.355 e. The van der Waals surface area contributed by atoms with E-state index in [1.165, 1.54) is 7.11 Å². The lowest BCUT2D eigenvalue weighted by molar-refractivity contribution is -0.135. The Hall–Kier alpha value is -4.43. The van der Waals surface area contributed by atoms with Gasteiger partial charge in [-0.15, -0.1) is 0 Å². The SMILES string of the molecule is COC(=O)c1c(Cc2ccc(C(=O)NC3[C@@H]4CC5C[C@H]3CC(NC(=O)C(C)(C)C)(C5)C4)cc2)c(=O)c2ccc(Cl)cc2n1-c1ccccc1. The number of para-hydroxylation sites is 1. The molecule has 2 N–H and O–H groups in total. The number of rotatable bonds is 7. The predicted octanol–water partition coefficient (Wildman–Crippen LogP) is 6.86. The fourth-order valence-corrected chi connectivity index (χ4v) is 8.95. The maximum absolute atomic E-state index is 14.0. The summed E-state index contributed by atoms with van der Waals surface area (Å²) in [5.41, 5.74) is 2.06. The molecule has 49 heavy (non-hydrogen) atoms. The first-order valence-corrected chi connectivity index (χ1v) is 17.5. The highest BCUT2D eigenvalue weighted by atomic mass is 35.5. The molecule has 4 fully saturated rings. The minimum absolute atomic E-state index is 0.0774. The summed E-state index contributed by atoms with van der Waals surface area (Å²) in [5.74, 6) is 0.590. The van der Waals surface area contributed by atoms with E-state index in [2.05, 4.69) is 10.6 Å². The number of methoxy groups -OCH3 is 1. The minimum atomic E-state index is -0.635. The van der Waals surface area contributed by atoms with Crippen LogP contribution < -0.4 is 16.1 Å². The Labute approximate surface area is 291 Å². The number of hydrogen-bond donors (Lipinski definition) is 2. The van der Waals surface area contributed by atoms with Crippen molar-refractivity contribution in [2.45, 2.75) is 70.9 Å². The van der Waals surface area contributed by atoms with Crippen LogP contribution >= 0.6 is 11.6 Å². The first kappa shape index (κ1) is 33.1. The standard InChI is InChI=1S/C40H42ClN3O5/c1-39(2,3)38(48)43-40-20-24-16-26(21-40)33(27(17-24)22-40)42-36(46)25-12-10-23(11-13-25)18-31-34(37(47)49-4)44(29-8-6-5-7-9-29)32-19-28(41)14-15-30(32)35(31)45/h5-15,19,24,26-27,33H,16-18,20-22H2,1-4H3,(H,42,46)(H,43,48)/t24?,26-,27+,33?,40?. The highest BCUT2D eigenvalue weighted by molar-refractivity contribution is 6.31. The van der Waals surface area contributed by atoms with Crippen LogP contribution in [-0.2, 0) is 16.0 Å². The molecule has 0 saturated heterocycles. The third-order valence-electron chi connectivity index (χ3n) is 10.8. The molecule has 8 nitrogen and oxygen atoms in total. The van der Waals surface area contributed by atoms with E-state index in [0.717, 1.165) is 37.7 Å². The Morgan fingerprint density at radius 3 is 2.24 bits per heavy atom. The number of ether oxygens (including phenoxy) is 1. The molecule has 4 saturated carbocycles. The van der Waals surface area contributed by atoms with Crippen molar-refractivity contribution in [1.29, 1.82) is 0 Å². The first-order valence-electron chi connectivity index (χ1n) is 17.1. The summed E-state index contributed by atoms with van der Waals surface area (Å²) < 4.78 is 6.94. The van der Waals surface area contributed by atoms with Crippen LogP contribution in [0.25, 0.3) is 16.6 Å². The second-order valence-electron chi connectivity index (χ2n) is 15.3. The number of esters is 1.